The largest absolute Gasteiger partial charge is 0.480 e. The highest BCUT2D eigenvalue weighted by Crippen LogP contribution is 2.33. The van der Waals surface area contributed by atoms with Gasteiger partial charge in [-0.1, -0.05) is 24.3 Å². The maximum absolute atomic E-state index is 13.7. The average Bonchev–Trinajstić information content (AvgIpc) is 3.27. The van der Waals surface area contributed by atoms with Crippen molar-refractivity contribution in [3.8, 4) is 11.1 Å². The predicted molar refractivity (Wildman–Crippen MR) is 175 cm³/mol. The molecule has 2 heterocycles. The molecule has 0 unspecified atom stereocenters. The van der Waals surface area contributed by atoms with Gasteiger partial charge >= 0.3 is 12.1 Å². The van der Waals surface area contributed by atoms with Gasteiger partial charge in [-0.05, 0) is 101 Å². The van der Waals surface area contributed by atoms with E-state index in [1.165, 1.54) is 0 Å². The number of nitrogens with one attached hydrogen (secondary N) is 3. The van der Waals surface area contributed by atoms with Crippen molar-refractivity contribution in [2.75, 3.05) is 0 Å². The van der Waals surface area contributed by atoms with Crippen molar-refractivity contribution in [2.45, 2.75) is 86.0 Å². The molecule has 0 saturated heterocycles. The standard InChI is InChI=1S/C35H42N4O6/c1-19(2)39-18-21(4)30-26(31(40)36-17-27-20(3)13-22(5)37-32(27)41)15-25(16-29(30)39)24-11-9-23(10-12-24)14-28(33(42)43)38-34(44)45-35(6,7)8/h9-13,15-16,18-19,28H,14,17H2,1-8H3,(H,36,40)(H,37,41)(H,38,44)(H,42,43)/t28-/m1/s1. The van der Waals surface area contributed by atoms with E-state index in [1.807, 2.05) is 69.4 Å². The molecule has 0 spiro atoms. The summed E-state index contributed by atoms with van der Waals surface area (Å²) in [5, 5.41) is 15.9. The number of aromatic nitrogens is 2. The molecule has 4 aromatic rings. The third-order valence-electron chi connectivity index (χ3n) is 7.56. The number of amides is 2. The number of carbonyl (C=O) groups is 3. The maximum atomic E-state index is 13.7. The number of H-pyrrole nitrogens is 1. The number of carbonyl (C=O) groups excluding carboxylic acids is 2. The number of rotatable bonds is 9. The van der Waals surface area contributed by atoms with Gasteiger partial charge in [0.15, 0.2) is 0 Å². The third kappa shape index (κ3) is 7.81. The van der Waals surface area contributed by atoms with Crippen LogP contribution in [0.25, 0.3) is 22.0 Å². The lowest BCUT2D eigenvalue weighted by Crippen LogP contribution is -2.44. The van der Waals surface area contributed by atoms with Gasteiger partial charge in [-0.2, -0.15) is 0 Å². The summed E-state index contributed by atoms with van der Waals surface area (Å²) in [4.78, 5) is 53.2. The van der Waals surface area contributed by atoms with Crippen molar-refractivity contribution in [1.29, 1.82) is 0 Å². The summed E-state index contributed by atoms with van der Waals surface area (Å²) in [6.07, 6.45) is 1.31. The number of hydrogen-bond acceptors (Lipinski definition) is 5. The van der Waals surface area contributed by atoms with E-state index in [2.05, 4.69) is 34.0 Å². The van der Waals surface area contributed by atoms with Crippen LogP contribution in [0.3, 0.4) is 0 Å². The molecule has 45 heavy (non-hydrogen) atoms. The molecule has 0 aliphatic heterocycles. The molecule has 0 radical (unpaired) electrons. The summed E-state index contributed by atoms with van der Waals surface area (Å²) in [6, 6.07) is 12.1. The molecule has 2 aromatic carbocycles. The number of aromatic amines is 1. The number of ether oxygens (including phenoxy) is 1. The van der Waals surface area contributed by atoms with Gasteiger partial charge < -0.3 is 30.0 Å². The Balaban J connectivity index is 1.66. The molecule has 1 atom stereocenters. The molecule has 0 fully saturated rings. The van der Waals surface area contributed by atoms with Crippen LogP contribution >= 0.6 is 0 Å². The van der Waals surface area contributed by atoms with Crippen molar-refractivity contribution in [3.05, 3.63) is 92.5 Å². The molecule has 4 N–H and O–H groups in total. The zero-order valence-corrected chi connectivity index (χ0v) is 27.1. The summed E-state index contributed by atoms with van der Waals surface area (Å²) >= 11 is 0. The number of carboxylic acids is 1. The molecule has 2 amide bonds. The zero-order chi connectivity index (χ0) is 33.2. The van der Waals surface area contributed by atoms with Crippen LogP contribution in [0.15, 0.2) is 53.5 Å². The van der Waals surface area contributed by atoms with Gasteiger partial charge in [0.25, 0.3) is 11.5 Å². The van der Waals surface area contributed by atoms with Crippen LogP contribution in [0.2, 0.25) is 0 Å². The van der Waals surface area contributed by atoms with Gasteiger partial charge in [0.05, 0.1) is 0 Å². The molecule has 2 aromatic heterocycles. The monoisotopic (exact) mass is 614 g/mol. The SMILES string of the molecule is Cc1cc(C)c(CNC(=O)c2cc(-c3ccc(C[C@@H](NC(=O)OC(C)(C)C)C(=O)O)cc3)cc3c2c(C)cn3C(C)C)c(=O)[nH]1. The maximum Gasteiger partial charge on any atom is 0.408 e. The topological polar surface area (TPSA) is 143 Å². The van der Waals surface area contributed by atoms with Crippen LogP contribution in [-0.2, 0) is 22.5 Å². The van der Waals surface area contributed by atoms with E-state index < -0.39 is 23.7 Å². The van der Waals surface area contributed by atoms with Crippen LogP contribution < -0.4 is 16.2 Å². The van der Waals surface area contributed by atoms with Crippen molar-refractivity contribution >= 4 is 28.9 Å². The highest BCUT2D eigenvalue weighted by molar-refractivity contribution is 6.09. The van der Waals surface area contributed by atoms with Gasteiger partial charge in [0.2, 0.25) is 0 Å². The molecule has 4 rings (SSSR count). The first-order chi connectivity index (χ1) is 21.0. The van der Waals surface area contributed by atoms with E-state index in [9.17, 15) is 24.3 Å². The molecule has 0 aliphatic carbocycles. The highest BCUT2D eigenvalue weighted by atomic mass is 16.6. The Bertz CT molecular complexity index is 1810. The molecular weight excluding hydrogens is 572 g/mol. The number of aryl methyl sites for hydroxylation is 3. The second-order valence-electron chi connectivity index (χ2n) is 12.8. The third-order valence-corrected chi connectivity index (χ3v) is 7.56. The van der Waals surface area contributed by atoms with E-state index in [0.29, 0.717) is 16.7 Å². The van der Waals surface area contributed by atoms with Crippen molar-refractivity contribution in [2.24, 2.45) is 0 Å². The number of pyridine rings is 1. The Labute approximate surface area is 262 Å². The first-order valence-corrected chi connectivity index (χ1v) is 15.0. The Morgan fingerprint density at radius 3 is 2.22 bits per heavy atom. The van der Waals surface area contributed by atoms with E-state index >= 15 is 0 Å². The van der Waals surface area contributed by atoms with Gasteiger partial charge in [-0.15, -0.1) is 0 Å². The van der Waals surface area contributed by atoms with Gasteiger partial charge in [-0.3, -0.25) is 9.59 Å². The minimum Gasteiger partial charge on any atom is -0.480 e. The lowest BCUT2D eigenvalue weighted by molar-refractivity contribution is -0.139. The lowest BCUT2D eigenvalue weighted by atomic mass is 9.96. The summed E-state index contributed by atoms with van der Waals surface area (Å²) in [5.41, 5.74) is 5.83. The van der Waals surface area contributed by atoms with Crippen LogP contribution in [-0.4, -0.2) is 44.3 Å². The number of hydrogen-bond donors (Lipinski definition) is 4. The number of carboxylic acid groups (broad SMARTS) is 1. The fourth-order valence-corrected chi connectivity index (χ4v) is 5.44. The smallest absolute Gasteiger partial charge is 0.408 e. The predicted octanol–water partition coefficient (Wildman–Crippen LogP) is 5.95. The minimum absolute atomic E-state index is 0.0640. The minimum atomic E-state index is -1.17. The molecule has 10 heteroatoms. The Morgan fingerprint density at radius 1 is 0.978 bits per heavy atom. The fourth-order valence-electron chi connectivity index (χ4n) is 5.44. The normalized spacial score (nSPS) is 12.3. The summed E-state index contributed by atoms with van der Waals surface area (Å²) in [6.45, 7) is 15.0. The van der Waals surface area contributed by atoms with E-state index in [0.717, 1.165) is 38.9 Å². The molecule has 238 valence electrons. The van der Waals surface area contributed by atoms with Gasteiger partial charge in [-0.25, -0.2) is 9.59 Å². The van der Waals surface area contributed by atoms with Crippen LogP contribution in [0.5, 0.6) is 0 Å². The Hall–Kier alpha value is -4.86. The second kappa shape index (κ2) is 13.0. The average molecular weight is 615 g/mol. The number of benzene rings is 2. The molecule has 0 aliphatic rings. The second-order valence-corrected chi connectivity index (χ2v) is 12.8. The van der Waals surface area contributed by atoms with Crippen LogP contribution in [0.1, 0.15) is 79.0 Å². The summed E-state index contributed by atoms with van der Waals surface area (Å²) in [7, 11) is 0. The number of aliphatic carboxylic acids is 1. The highest BCUT2D eigenvalue weighted by Gasteiger charge is 2.25. The van der Waals surface area contributed by atoms with Gasteiger partial charge in [0.1, 0.15) is 11.6 Å². The first kappa shape index (κ1) is 33.0. The Morgan fingerprint density at radius 2 is 1.64 bits per heavy atom. The molecular formula is C35H42N4O6. The number of fused-ring (bicyclic) bond motifs is 1. The summed E-state index contributed by atoms with van der Waals surface area (Å²) in [5.74, 6) is -1.46. The quantitative estimate of drug-likeness (QED) is 0.183. The number of nitrogens with zero attached hydrogens (tertiary/aromatic N) is 1. The number of alkyl carbamates (subject to hydrolysis) is 1. The van der Waals surface area contributed by atoms with E-state index in [4.69, 9.17) is 4.74 Å². The van der Waals surface area contributed by atoms with Crippen molar-refractivity contribution < 1.29 is 24.2 Å². The van der Waals surface area contributed by atoms with Crippen molar-refractivity contribution in [3.63, 3.8) is 0 Å². The van der Waals surface area contributed by atoms with E-state index in [-0.39, 0.29) is 30.5 Å². The Kier molecular flexibility index (Phi) is 9.56. The zero-order valence-electron chi connectivity index (χ0n) is 27.1. The van der Waals surface area contributed by atoms with Crippen LogP contribution in [0.4, 0.5) is 4.79 Å². The molecule has 0 saturated carbocycles. The summed E-state index contributed by atoms with van der Waals surface area (Å²) < 4.78 is 7.35. The molecule has 0 bridgehead atoms. The van der Waals surface area contributed by atoms with E-state index in [1.54, 1.807) is 20.8 Å². The fraction of sp³-hybridized carbons (Fsp3) is 0.371. The first-order valence-electron chi connectivity index (χ1n) is 15.0. The van der Waals surface area contributed by atoms with Crippen LogP contribution in [0, 0.1) is 20.8 Å². The van der Waals surface area contributed by atoms with Gasteiger partial charge in [0, 0.05) is 52.9 Å². The van der Waals surface area contributed by atoms with Crippen molar-refractivity contribution in [1.82, 2.24) is 20.2 Å². The lowest BCUT2D eigenvalue weighted by Gasteiger charge is -2.22. The molecule has 10 nitrogen and oxygen atoms in total.